The van der Waals surface area contributed by atoms with E-state index in [1.165, 1.54) is 54.6 Å². The average molecular weight is 1050 g/mol. The van der Waals surface area contributed by atoms with Gasteiger partial charge in [0.25, 0.3) is 0 Å². The molecule has 4 atom stereocenters. The van der Waals surface area contributed by atoms with E-state index in [0.717, 1.165) is 0 Å². The fourth-order valence-electron chi connectivity index (χ4n) is 8.49. The van der Waals surface area contributed by atoms with Gasteiger partial charge >= 0.3 is 0 Å². The molecule has 0 radical (unpaired) electrons. The van der Waals surface area contributed by atoms with Crippen molar-refractivity contribution in [3.63, 3.8) is 0 Å². The minimum Gasteiger partial charge on any atom is -0.488 e. The number of aromatic nitrogens is 4. The van der Waals surface area contributed by atoms with Crippen LogP contribution in [-0.4, -0.2) is 138 Å². The van der Waals surface area contributed by atoms with E-state index in [1.54, 1.807) is 66.8 Å². The van der Waals surface area contributed by atoms with Gasteiger partial charge in [0.1, 0.15) is 50.8 Å². The smallest absolute Gasteiger partial charge is 0.173 e. The molecule has 4 aromatic carbocycles. The second kappa shape index (κ2) is 23.3. The van der Waals surface area contributed by atoms with Gasteiger partial charge in [0, 0.05) is 49.9 Å². The van der Waals surface area contributed by atoms with Gasteiger partial charge < -0.3 is 69.8 Å². The van der Waals surface area contributed by atoms with Gasteiger partial charge in [0.2, 0.25) is 0 Å². The molecule has 2 aliphatic rings. The molecular weight excluding hydrogens is 997 g/mol. The zero-order chi connectivity index (χ0) is 53.6. The first-order chi connectivity index (χ1) is 36.8. The van der Waals surface area contributed by atoms with Gasteiger partial charge in [-0.15, -0.1) is 0 Å². The zero-order valence-electron chi connectivity index (χ0n) is 40.1. The molecule has 3 aromatic heterocycles. The van der Waals surface area contributed by atoms with Crippen LogP contribution in [0.4, 0.5) is 17.6 Å². The highest BCUT2D eigenvalue weighted by Crippen LogP contribution is 2.41. The van der Waals surface area contributed by atoms with Gasteiger partial charge in [-0.2, -0.15) is 0 Å². The fraction of sp³-hybridized carbons (Fsp3) is 0.214. The SMILES string of the molecule is OCC(O)COc1ccc(-c2c3nc(c(-c4ccc(OCC(O)CO)c(F)c4)c4ccc([nH]4)c(-c4cccc(OCC(O)CO)c4F)c4nc(c(-c5ccc(OCC(O)CO)c(F)c5)c5ccc2[nH]5)C=C4)C=C3)cc1F. The van der Waals surface area contributed by atoms with Crippen LogP contribution in [0.25, 0.3) is 90.9 Å². The summed E-state index contributed by atoms with van der Waals surface area (Å²) >= 11 is 0. The number of aliphatic hydroxyl groups excluding tert-OH is 8. The maximum Gasteiger partial charge on any atom is 0.173 e. The summed E-state index contributed by atoms with van der Waals surface area (Å²) in [5.41, 5.74) is 4.43. The first-order valence-electron chi connectivity index (χ1n) is 23.8. The quantitative estimate of drug-likeness (QED) is 0.0352. The highest BCUT2D eigenvalue weighted by atomic mass is 19.1. The van der Waals surface area contributed by atoms with Crippen molar-refractivity contribution in [3.8, 4) is 67.5 Å². The van der Waals surface area contributed by atoms with Crippen LogP contribution in [0.3, 0.4) is 0 Å². The number of rotatable bonds is 20. The molecule has 0 amide bonds. The largest absolute Gasteiger partial charge is 0.488 e. The Balaban J connectivity index is 1.36. The van der Waals surface area contributed by atoms with Crippen molar-refractivity contribution in [3.05, 3.63) is 143 Å². The molecule has 76 heavy (non-hydrogen) atoms. The zero-order valence-corrected chi connectivity index (χ0v) is 40.1. The molecule has 8 bridgehead atoms. The second-order valence-corrected chi connectivity index (χ2v) is 17.6. The molecule has 394 valence electrons. The summed E-state index contributed by atoms with van der Waals surface area (Å²) < 4.78 is 87.2. The Morgan fingerprint density at radius 3 is 1.04 bits per heavy atom. The van der Waals surface area contributed by atoms with Crippen molar-refractivity contribution in [2.75, 3.05) is 52.9 Å². The van der Waals surface area contributed by atoms with E-state index < -0.39 is 101 Å². The number of ether oxygens (including phenoxy) is 4. The van der Waals surface area contributed by atoms with Crippen LogP contribution in [0.1, 0.15) is 22.8 Å². The maximum absolute atomic E-state index is 17.0. The maximum atomic E-state index is 17.0. The van der Waals surface area contributed by atoms with Gasteiger partial charge in [-0.05, 0) is 108 Å². The Bertz CT molecular complexity index is 3450. The number of halogens is 4. The Hall–Kier alpha value is -7.92. The van der Waals surface area contributed by atoms with E-state index >= 15 is 17.6 Å². The summed E-state index contributed by atoms with van der Waals surface area (Å²) in [6.07, 6.45) is 1.47. The molecule has 0 fully saturated rings. The molecule has 5 heterocycles. The van der Waals surface area contributed by atoms with Crippen LogP contribution in [0, 0.1) is 23.3 Å². The lowest BCUT2D eigenvalue weighted by molar-refractivity contribution is 0.0523. The second-order valence-electron chi connectivity index (χ2n) is 17.6. The molecule has 0 aliphatic carbocycles. The number of nitrogens with one attached hydrogen (secondary N) is 2. The van der Waals surface area contributed by atoms with Crippen molar-refractivity contribution in [2.45, 2.75) is 24.4 Å². The van der Waals surface area contributed by atoms with E-state index in [1.807, 2.05) is 0 Å². The van der Waals surface area contributed by atoms with Gasteiger partial charge in [-0.3, -0.25) is 0 Å². The predicted molar refractivity (Wildman–Crippen MR) is 275 cm³/mol. The lowest BCUT2D eigenvalue weighted by Crippen LogP contribution is -2.21. The third-order valence-corrected chi connectivity index (χ3v) is 12.2. The van der Waals surface area contributed by atoms with Crippen LogP contribution in [0.15, 0.2) is 97.1 Å². The fourth-order valence-corrected chi connectivity index (χ4v) is 8.49. The molecule has 16 nitrogen and oxygen atoms in total. The monoisotopic (exact) mass is 1050 g/mol. The molecule has 20 heteroatoms. The number of nitrogens with zero attached hydrogens (tertiary/aromatic N) is 2. The molecule has 10 N–H and O–H groups in total. The summed E-state index contributed by atoms with van der Waals surface area (Å²) in [6.45, 7) is -4.10. The minimum atomic E-state index is -1.31. The van der Waals surface area contributed by atoms with Gasteiger partial charge in [0.15, 0.2) is 46.3 Å². The highest BCUT2D eigenvalue weighted by Gasteiger charge is 2.24. The molecule has 9 rings (SSSR count). The van der Waals surface area contributed by atoms with Gasteiger partial charge in [-0.25, -0.2) is 27.5 Å². The molecule has 0 saturated heterocycles. The summed E-state index contributed by atoms with van der Waals surface area (Å²) in [5.74, 6) is -4.21. The number of fused-ring (bicyclic) bond motifs is 8. The minimum absolute atomic E-state index is 0.0168. The lowest BCUT2D eigenvalue weighted by atomic mass is 10.0. The molecule has 4 unspecified atom stereocenters. The summed E-state index contributed by atoms with van der Waals surface area (Å²) in [6, 6.07) is 23.4. The Morgan fingerprint density at radius 1 is 0.395 bits per heavy atom. The van der Waals surface area contributed by atoms with Gasteiger partial charge in [0.05, 0.1) is 49.2 Å². The van der Waals surface area contributed by atoms with E-state index in [4.69, 9.17) is 28.9 Å². The van der Waals surface area contributed by atoms with Crippen molar-refractivity contribution < 1.29 is 77.4 Å². The van der Waals surface area contributed by atoms with E-state index in [-0.39, 0.29) is 68.0 Å². The van der Waals surface area contributed by atoms with Gasteiger partial charge in [-0.1, -0.05) is 30.3 Å². The third kappa shape index (κ3) is 11.3. The number of benzene rings is 4. The average Bonchev–Trinajstić information content (AvgIpc) is 4.30. The lowest BCUT2D eigenvalue weighted by Gasteiger charge is -2.13. The van der Waals surface area contributed by atoms with Crippen molar-refractivity contribution in [2.24, 2.45) is 0 Å². The standard InChI is InChI=1S/C56H50F4N4O12/c57-37-18-29(4-15-48(37)73-25-32(69)21-65)52-40-7-9-42(61-40)53(30-5-16-49(38(58)19-30)74-26-33(70)22-66)44-11-13-46(63-44)55(36-2-1-3-51(56(36)60)76-28-35(72)24-68)47-14-12-45(64-47)54(43-10-8-41(52)62-43)31-6-17-50(39(59)20-31)75-27-34(71)23-67/h1-20,32-35,61,64-72H,21-28H2. The highest BCUT2D eigenvalue weighted by molar-refractivity contribution is 6.00. The van der Waals surface area contributed by atoms with Crippen LogP contribution in [0.2, 0.25) is 0 Å². The first-order valence-corrected chi connectivity index (χ1v) is 23.8. The Morgan fingerprint density at radius 2 is 0.711 bits per heavy atom. The molecular formula is C56H50F4N4O12. The topological polar surface area (TPSA) is 256 Å². The number of aromatic amines is 2. The number of hydrogen-bond donors (Lipinski definition) is 10. The molecule has 7 aromatic rings. The number of hydrogen-bond acceptors (Lipinski definition) is 14. The number of aliphatic hydroxyl groups is 8. The van der Waals surface area contributed by atoms with Crippen LogP contribution < -0.4 is 18.9 Å². The summed E-state index contributed by atoms with van der Waals surface area (Å²) in [4.78, 5) is 16.9. The van der Waals surface area contributed by atoms with Crippen molar-refractivity contribution in [1.82, 2.24) is 19.9 Å². The van der Waals surface area contributed by atoms with E-state index in [0.29, 0.717) is 44.3 Å². The Labute approximate surface area is 430 Å². The van der Waals surface area contributed by atoms with E-state index in [9.17, 15) is 40.9 Å². The number of H-pyrrole nitrogens is 2. The van der Waals surface area contributed by atoms with Crippen LogP contribution >= 0.6 is 0 Å². The summed E-state index contributed by atoms with van der Waals surface area (Å²) in [7, 11) is 0. The van der Waals surface area contributed by atoms with Crippen molar-refractivity contribution in [1.29, 1.82) is 0 Å². The van der Waals surface area contributed by atoms with E-state index in [2.05, 4.69) is 9.97 Å². The molecule has 0 spiro atoms. The van der Waals surface area contributed by atoms with Crippen LogP contribution in [0.5, 0.6) is 23.0 Å². The Kier molecular flexibility index (Phi) is 16.2. The third-order valence-electron chi connectivity index (χ3n) is 12.2. The normalized spacial score (nSPS) is 13.6. The predicted octanol–water partition coefficient (Wildman–Crippen LogP) is 6.81. The van der Waals surface area contributed by atoms with Crippen LogP contribution in [-0.2, 0) is 0 Å². The summed E-state index contributed by atoms with van der Waals surface area (Å²) in [5, 5.41) is 77.2. The first kappa shape index (κ1) is 52.9. The molecule has 2 aliphatic heterocycles. The molecule has 0 saturated carbocycles. The van der Waals surface area contributed by atoms with Crippen molar-refractivity contribution >= 4 is 46.4 Å².